The molecule has 2 heterocycles. The molecule has 1 aliphatic heterocycles. The predicted molar refractivity (Wildman–Crippen MR) is 149 cm³/mol. The Bertz CT molecular complexity index is 1300. The van der Waals surface area contributed by atoms with Gasteiger partial charge in [-0.05, 0) is 35.4 Å². The van der Waals surface area contributed by atoms with Crippen LogP contribution in [0.25, 0.3) is 0 Å². The lowest BCUT2D eigenvalue weighted by Crippen LogP contribution is -2.48. The summed E-state index contributed by atoms with van der Waals surface area (Å²) in [6.07, 6.45) is 1.46. The Hall–Kier alpha value is -4.63. The van der Waals surface area contributed by atoms with Gasteiger partial charge in [-0.1, -0.05) is 60.7 Å². The first-order valence-corrected chi connectivity index (χ1v) is 12.5. The molecular formula is C29H31N7O2. The molecule has 0 unspecified atom stereocenters. The van der Waals surface area contributed by atoms with Crippen LogP contribution < -0.4 is 26.2 Å². The van der Waals surface area contributed by atoms with Gasteiger partial charge in [-0.3, -0.25) is 20.5 Å². The summed E-state index contributed by atoms with van der Waals surface area (Å²) in [5, 5.41) is 0. The molecule has 38 heavy (non-hydrogen) atoms. The lowest BCUT2D eigenvalue weighted by Gasteiger charge is -2.40. The lowest BCUT2D eigenvalue weighted by atomic mass is 9.96. The minimum absolute atomic E-state index is 0.174. The molecule has 1 amide bonds. The zero-order valence-electron chi connectivity index (χ0n) is 21.2. The van der Waals surface area contributed by atoms with E-state index in [1.807, 2.05) is 12.1 Å². The Labute approximate surface area is 222 Å². The number of piperazine rings is 1. The first-order valence-electron chi connectivity index (χ1n) is 12.5. The van der Waals surface area contributed by atoms with Gasteiger partial charge >= 0.3 is 0 Å². The van der Waals surface area contributed by atoms with Crippen molar-refractivity contribution in [3.05, 3.63) is 108 Å². The van der Waals surface area contributed by atoms with E-state index in [9.17, 15) is 4.79 Å². The van der Waals surface area contributed by atoms with Crippen molar-refractivity contribution in [2.24, 2.45) is 0 Å². The summed E-state index contributed by atoms with van der Waals surface area (Å²) in [5.74, 6) is 1.37. The first kappa shape index (κ1) is 25.0. The molecule has 0 atom stereocenters. The van der Waals surface area contributed by atoms with Gasteiger partial charge in [0.25, 0.3) is 5.91 Å². The second-order valence-electron chi connectivity index (χ2n) is 9.01. The molecule has 3 aromatic carbocycles. The quantitative estimate of drug-likeness (QED) is 0.308. The summed E-state index contributed by atoms with van der Waals surface area (Å²) >= 11 is 0. The van der Waals surface area contributed by atoms with Crippen LogP contribution in [0.5, 0.6) is 5.75 Å². The number of aromatic nitrogens is 2. The van der Waals surface area contributed by atoms with Crippen molar-refractivity contribution in [2.75, 3.05) is 49.3 Å². The summed E-state index contributed by atoms with van der Waals surface area (Å²) in [6.45, 7) is 3.20. The highest BCUT2D eigenvalue weighted by Crippen LogP contribution is 2.32. The Morgan fingerprint density at radius 1 is 0.868 bits per heavy atom. The zero-order valence-corrected chi connectivity index (χ0v) is 21.2. The molecule has 0 radical (unpaired) electrons. The average Bonchev–Trinajstić information content (AvgIpc) is 2.98. The van der Waals surface area contributed by atoms with E-state index in [1.54, 1.807) is 31.4 Å². The summed E-state index contributed by atoms with van der Waals surface area (Å²) in [6, 6.07) is 28.2. The van der Waals surface area contributed by atoms with E-state index < -0.39 is 0 Å². The molecule has 4 N–H and O–H groups in total. The molecule has 0 aliphatic carbocycles. The standard InChI is InChI=1S/C29H31N7O2/c1-38-24-14-12-23(13-15-24)29(37)34-33-27-25(30)28(32-20-31-27)36-18-16-35(17-19-36)26(21-8-4-2-5-9-21)22-10-6-3-7-11-22/h2-15,20,26H,16-19,30H2,1H3,(H,34,37)(H,31,32,33). The van der Waals surface area contributed by atoms with Crippen LogP contribution >= 0.6 is 0 Å². The van der Waals surface area contributed by atoms with Crippen LogP contribution in [0.3, 0.4) is 0 Å². The Morgan fingerprint density at radius 3 is 2.05 bits per heavy atom. The van der Waals surface area contributed by atoms with Gasteiger partial charge in [-0.2, -0.15) is 0 Å². The van der Waals surface area contributed by atoms with Gasteiger partial charge in [-0.15, -0.1) is 0 Å². The number of nitrogens with two attached hydrogens (primary N) is 1. The van der Waals surface area contributed by atoms with E-state index in [-0.39, 0.29) is 11.9 Å². The highest BCUT2D eigenvalue weighted by Gasteiger charge is 2.28. The van der Waals surface area contributed by atoms with E-state index in [1.165, 1.54) is 17.5 Å². The number of nitrogens with zero attached hydrogens (tertiary/aromatic N) is 4. The number of benzene rings is 3. The lowest BCUT2D eigenvalue weighted by molar-refractivity contribution is 0.0962. The second-order valence-corrected chi connectivity index (χ2v) is 9.01. The Kier molecular flexibility index (Phi) is 7.65. The van der Waals surface area contributed by atoms with Crippen LogP contribution in [0, 0.1) is 0 Å². The summed E-state index contributed by atoms with van der Waals surface area (Å²) in [4.78, 5) is 25.9. The van der Waals surface area contributed by atoms with E-state index in [2.05, 4.69) is 79.2 Å². The molecule has 0 bridgehead atoms. The normalized spacial score (nSPS) is 13.8. The first-order chi connectivity index (χ1) is 18.6. The number of methoxy groups -OCH3 is 1. The minimum atomic E-state index is -0.311. The van der Waals surface area contributed by atoms with E-state index in [0.717, 1.165) is 26.2 Å². The van der Waals surface area contributed by atoms with E-state index in [0.29, 0.717) is 28.6 Å². The maximum atomic E-state index is 12.5. The molecule has 9 heteroatoms. The highest BCUT2D eigenvalue weighted by molar-refractivity contribution is 5.95. The molecule has 5 rings (SSSR count). The topological polar surface area (TPSA) is 109 Å². The van der Waals surface area contributed by atoms with Gasteiger partial charge in [0.15, 0.2) is 11.6 Å². The van der Waals surface area contributed by atoms with Gasteiger partial charge in [-0.25, -0.2) is 9.97 Å². The molecular weight excluding hydrogens is 478 g/mol. The third-order valence-corrected chi connectivity index (χ3v) is 6.72. The van der Waals surface area contributed by atoms with Crippen LogP contribution in [0.1, 0.15) is 27.5 Å². The number of anilines is 3. The van der Waals surface area contributed by atoms with Crippen molar-refractivity contribution in [2.45, 2.75) is 6.04 Å². The molecule has 4 aromatic rings. The van der Waals surface area contributed by atoms with E-state index in [4.69, 9.17) is 10.5 Å². The SMILES string of the molecule is COc1ccc(C(=O)NNc2ncnc(N3CCN(C(c4ccccc4)c4ccccc4)CC3)c2N)cc1. The summed E-state index contributed by atoms with van der Waals surface area (Å²) in [7, 11) is 1.58. The van der Waals surface area contributed by atoms with Crippen LogP contribution in [0.4, 0.5) is 17.3 Å². The molecule has 1 aliphatic rings. The third-order valence-electron chi connectivity index (χ3n) is 6.72. The molecule has 194 valence electrons. The smallest absolute Gasteiger partial charge is 0.269 e. The number of ether oxygens (including phenoxy) is 1. The van der Waals surface area contributed by atoms with Gasteiger partial charge in [0, 0.05) is 31.7 Å². The van der Waals surface area contributed by atoms with Crippen LogP contribution in [-0.4, -0.2) is 54.1 Å². The van der Waals surface area contributed by atoms with Gasteiger partial charge in [0.05, 0.1) is 13.2 Å². The molecule has 1 aromatic heterocycles. The molecule has 1 saturated heterocycles. The fourth-order valence-corrected chi connectivity index (χ4v) is 4.75. The Balaban J connectivity index is 1.25. The molecule has 1 fully saturated rings. The van der Waals surface area contributed by atoms with Crippen molar-refractivity contribution in [1.29, 1.82) is 0 Å². The number of hydrogen-bond donors (Lipinski definition) is 3. The zero-order chi connectivity index (χ0) is 26.3. The van der Waals surface area contributed by atoms with Gasteiger partial charge in [0.2, 0.25) is 0 Å². The van der Waals surface area contributed by atoms with Crippen molar-refractivity contribution < 1.29 is 9.53 Å². The fourth-order valence-electron chi connectivity index (χ4n) is 4.75. The predicted octanol–water partition coefficient (Wildman–Crippen LogP) is 3.74. The third kappa shape index (κ3) is 5.52. The molecule has 0 spiro atoms. The highest BCUT2D eigenvalue weighted by atomic mass is 16.5. The second kappa shape index (κ2) is 11.6. The van der Waals surface area contributed by atoms with Crippen molar-refractivity contribution >= 4 is 23.2 Å². The maximum absolute atomic E-state index is 12.5. The van der Waals surface area contributed by atoms with Crippen LogP contribution in [-0.2, 0) is 0 Å². The number of rotatable bonds is 8. The van der Waals surface area contributed by atoms with Gasteiger partial charge < -0.3 is 15.4 Å². The fraction of sp³-hybridized carbons (Fsp3) is 0.207. The molecule has 0 saturated carbocycles. The number of carbonyl (C=O) groups excluding carboxylic acids is 1. The van der Waals surface area contributed by atoms with Gasteiger partial charge in [0.1, 0.15) is 17.8 Å². The number of nitrogen functional groups attached to an aromatic ring is 1. The largest absolute Gasteiger partial charge is 0.497 e. The number of carbonyl (C=O) groups is 1. The van der Waals surface area contributed by atoms with Crippen molar-refractivity contribution in [3.63, 3.8) is 0 Å². The average molecular weight is 510 g/mol. The van der Waals surface area contributed by atoms with Crippen LogP contribution in [0.2, 0.25) is 0 Å². The number of nitrogens with one attached hydrogen (secondary N) is 2. The number of hydrazine groups is 1. The summed E-state index contributed by atoms with van der Waals surface area (Å²) < 4.78 is 5.14. The molecule has 9 nitrogen and oxygen atoms in total. The van der Waals surface area contributed by atoms with E-state index >= 15 is 0 Å². The van der Waals surface area contributed by atoms with Crippen molar-refractivity contribution in [3.8, 4) is 5.75 Å². The number of hydrogen-bond acceptors (Lipinski definition) is 8. The minimum Gasteiger partial charge on any atom is -0.497 e. The Morgan fingerprint density at radius 2 is 1.47 bits per heavy atom. The van der Waals surface area contributed by atoms with Crippen LogP contribution in [0.15, 0.2) is 91.3 Å². The number of amides is 1. The van der Waals surface area contributed by atoms with Crippen molar-refractivity contribution in [1.82, 2.24) is 20.3 Å². The maximum Gasteiger partial charge on any atom is 0.269 e. The summed E-state index contributed by atoms with van der Waals surface area (Å²) in [5.41, 5.74) is 15.4. The monoisotopic (exact) mass is 509 g/mol.